The molecule has 8 nitrogen and oxygen atoms in total. The van der Waals surface area contributed by atoms with E-state index in [2.05, 4.69) is 8.37 Å². The van der Waals surface area contributed by atoms with Crippen molar-refractivity contribution in [2.75, 3.05) is 0 Å². The Morgan fingerprint density at radius 2 is 0.933 bits per heavy atom. The SMILES string of the molecule is O=C(C=CC(=O)OS(=O)(=O)C=Cc1ccccc1)OS(=O)(=O)C=Cc1ccccc1. The van der Waals surface area contributed by atoms with Crippen molar-refractivity contribution in [2.45, 2.75) is 0 Å². The van der Waals surface area contributed by atoms with Gasteiger partial charge in [-0.2, -0.15) is 16.8 Å². The predicted octanol–water partition coefficient (Wildman–Crippen LogP) is 2.63. The quantitative estimate of drug-likeness (QED) is 0.446. The standard InChI is InChI=1S/C20H16O8S2/c21-19(27-29(23,24)15-13-17-7-3-1-4-8-17)11-12-20(22)28-30(25,26)16-14-18-9-5-2-6-10-18/h1-16H. The Balaban J connectivity index is 1.91. The molecule has 0 radical (unpaired) electrons. The van der Waals surface area contributed by atoms with Gasteiger partial charge in [-0.25, -0.2) is 9.59 Å². The van der Waals surface area contributed by atoms with Crippen LogP contribution in [-0.2, 0) is 38.2 Å². The Morgan fingerprint density at radius 3 is 1.27 bits per heavy atom. The normalized spacial score (nSPS) is 12.4. The van der Waals surface area contributed by atoms with Crippen LogP contribution in [0.1, 0.15) is 11.1 Å². The molecule has 0 fully saturated rings. The summed E-state index contributed by atoms with van der Waals surface area (Å²) in [5, 5.41) is 1.34. The molecule has 0 heterocycles. The van der Waals surface area contributed by atoms with Gasteiger partial charge in [0.2, 0.25) is 0 Å². The molecule has 2 rings (SSSR count). The third-order valence-electron chi connectivity index (χ3n) is 3.21. The maximum absolute atomic E-state index is 11.7. The van der Waals surface area contributed by atoms with Gasteiger partial charge in [0.15, 0.2) is 0 Å². The first-order valence-corrected chi connectivity index (χ1v) is 11.2. The van der Waals surface area contributed by atoms with Crippen LogP contribution >= 0.6 is 0 Å². The summed E-state index contributed by atoms with van der Waals surface area (Å²) in [6.45, 7) is 0. The van der Waals surface area contributed by atoms with Crippen LogP contribution in [0.4, 0.5) is 0 Å². The molecule has 0 N–H and O–H groups in total. The average molecular weight is 448 g/mol. The van der Waals surface area contributed by atoms with E-state index < -0.39 is 32.2 Å². The highest BCUT2D eigenvalue weighted by molar-refractivity contribution is 7.90. The first-order valence-electron chi connectivity index (χ1n) is 8.26. The summed E-state index contributed by atoms with van der Waals surface area (Å²) in [4.78, 5) is 23.1. The Hall–Kier alpha value is -3.50. The van der Waals surface area contributed by atoms with E-state index in [-0.39, 0.29) is 0 Å². The lowest BCUT2D eigenvalue weighted by molar-refractivity contribution is -0.131. The summed E-state index contributed by atoms with van der Waals surface area (Å²) in [5.41, 5.74) is 1.12. The first kappa shape index (κ1) is 22.8. The van der Waals surface area contributed by atoms with E-state index in [4.69, 9.17) is 0 Å². The van der Waals surface area contributed by atoms with Crippen LogP contribution < -0.4 is 0 Å². The molecule has 0 amide bonds. The van der Waals surface area contributed by atoms with Crippen molar-refractivity contribution in [3.63, 3.8) is 0 Å². The summed E-state index contributed by atoms with van der Waals surface area (Å²) in [6, 6.07) is 16.8. The summed E-state index contributed by atoms with van der Waals surface area (Å²) >= 11 is 0. The van der Waals surface area contributed by atoms with E-state index >= 15 is 0 Å². The molecule has 0 aliphatic rings. The van der Waals surface area contributed by atoms with E-state index in [1.165, 1.54) is 12.2 Å². The van der Waals surface area contributed by atoms with Crippen LogP contribution in [-0.4, -0.2) is 28.8 Å². The molecule has 156 valence electrons. The smallest absolute Gasteiger partial charge is 0.339 e. The molecule has 0 aliphatic heterocycles. The van der Waals surface area contributed by atoms with Gasteiger partial charge in [0.25, 0.3) is 0 Å². The molecule has 0 aliphatic carbocycles. The minimum Gasteiger partial charge on any atom is -0.339 e. The van der Waals surface area contributed by atoms with E-state index in [0.29, 0.717) is 34.1 Å². The van der Waals surface area contributed by atoms with Crippen molar-refractivity contribution in [1.29, 1.82) is 0 Å². The molecule has 0 spiro atoms. The molecule has 0 bridgehead atoms. The molecule has 0 unspecified atom stereocenters. The monoisotopic (exact) mass is 448 g/mol. The van der Waals surface area contributed by atoms with E-state index in [1.807, 2.05) is 0 Å². The molecule has 0 saturated heterocycles. The lowest BCUT2D eigenvalue weighted by Gasteiger charge is -1.99. The highest BCUT2D eigenvalue weighted by Crippen LogP contribution is 2.07. The topological polar surface area (TPSA) is 121 Å². The number of hydrogen-bond acceptors (Lipinski definition) is 8. The molecular weight excluding hydrogens is 432 g/mol. The molecule has 2 aromatic carbocycles. The van der Waals surface area contributed by atoms with Crippen LogP contribution in [0.2, 0.25) is 0 Å². The van der Waals surface area contributed by atoms with Crippen molar-refractivity contribution in [1.82, 2.24) is 0 Å². The summed E-state index contributed by atoms with van der Waals surface area (Å²) in [7, 11) is -8.73. The molecule has 0 atom stereocenters. The fraction of sp³-hybridized carbons (Fsp3) is 0. The van der Waals surface area contributed by atoms with Gasteiger partial charge >= 0.3 is 32.2 Å². The molecule has 2 aromatic rings. The largest absolute Gasteiger partial charge is 0.347 e. The fourth-order valence-corrected chi connectivity index (χ4v) is 3.26. The summed E-state index contributed by atoms with van der Waals surface area (Å²) < 4.78 is 55.4. The Kier molecular flexibility index (Phi) is 7.84. The second kappa shape index (κ2) is 10.3. The van der Waals surface area contributed by atoms with Gasteiger partial charge in [-0.1, -0.05) is 60.7 Å². The number of hydrogen-bond donors (Lipinski definition) is 0. The maximum atomic E-state index is 11.7. The number of rotatable bonds is 8. The third kappa shape index (κ3) is 8.67. The minimum absolute atomic E-state index is 0.437. The van der Waals surface area contributed by atoms with Crippen LogP contribution in [0.3, 0.4) is 0 Å². The number of carbonyl (C=O) groups excluding carboxylic acids is 2. The van der Waals surface area contributed by atoms with Gasteiger partial charge in [-0.05, 0) is 23.3 Å². The Bertz CT molecular complexity index is 1080. The highest BCUT2D eigenvalue weighted by atomic mass is 32.2. The van der Waals surface area contributed by atoms with Crippen molar-refractivity contribution in [3.8, 4) is 0 Å². The zero-order chi connectivity index (χ0) is 22.0. The molecule has 30 heavy (non-hydrogen) atoms. The zero-order valence-electron chi connectivity index (χ0n) is 15.3. The first-order chi connectivity index (χ1) is 14.2. The minimum atomic E-state index is -4.36. The van der Waals surface area contributed by atoms with Crippen molar-refractivity contribution in [3.05, 3.63) is 94.8 Å². The summed E-state index contributed by atoms with van der Waals surface area (Å²) in [6.07, 6.45) is 3.30. The van der Waals surface area contributed by atoms with Crippen LogP contribution in [0.5, 0.6) is 0 Å². The van der Waals surface area contributed by atoms with Gasteiger partial charge < -0.3 is 8.37 Å². The molecule has 0 aromatic heterocycles. The Labute approximate surface area is 174 Å². The average Bonchev–Trinajstić information content (AvgIpc) is 2.70. The van der Waals surface area contributed by atoms with Crippen molar-refractivity contribution >= 4 is 44.3 Å². The second-order valence-electron chi connectivity index (χ2n) is 5.55. The van der Waals surface area contributed by atoms with Crippen molar-refractivity contribution in [2.24, 2.45) is 0 Å². The van der Waals surface area contributed by atoms with Crippen LogP contribution in [0.25, 0.3) is 12.2 Å². The van der Waals surface area contributed by atoms with E-state index in [9.17, 15) is 26.4 Å². The van der Waals surface area contributed by atoms with Crippen molar-refractivity contribution < 1.29 is 34.8 Å². The third-order valence-corrected chi connectivity index (χ3v) is 4.94. The number of benzene rings is 2. The highest BCUT2D eigenvalue weighted by Gasteiger charge is 2.14. The number of carbonyl (C=O) groups is 2. The zero-order valence-corrected chi connectivity index (χ0v) is 17.0. The van der Waals surface area contributed by atoms with Crippen LogP contribution in [0, 0.1) is 0 Å². The molecular formula is C20H16O8S2. The van der Waals surface area contributed by atoms with E-state index in [1.54, 1.807) is 60.7 Å². The lowest BCUT2D eigenvalue weighted by atomic mass is 10.2. The van der Waals surface area contributed by atoms with Crippen LogP contribution in [0.15, 0.2) is 83.6 Å². The van der Waals surface area contributed by atoms with Gasteiger partial charge in [0, 0.05) is 12.2 Å². The van der Waals surface area contributed by atoms with Gasteiger partial charge in [0.05, 0.1) is 10.8 Å². The maximum Gasteiger partial charge on any atom is 0.347 e. The van der Waals surface area contributed by atoms with Gasteiger partial charge in [-0.3, -0.25) is 0 Å². The summed E-state index contributed by atoms with van der Waals surface area (Å²) in [5.74, 6) is -2.80. The van der Waals surface area contributed by atoms with Gasteiger partial charge in [0.1, 0.15) is 0 Å². The second-order valence-corrected chi connectivity index (χ2v) is 8.40. The predicted molar refractivity (Wildman–Crippen MR) is 110 cm³/mol. The Morgan fingerprint density at radius 1 is 0.600 bits per heavy atom. The molecule has 0 saturated carbocycles. The molecule has 10 heteroatoms. The lowest BCUT2D eigenvalue weighted by Crippen LogP contribution is -2.11. The van der Waals surface area contributed by atoms with E-state index in [0.717, 1.165) is 0 Å². The fourth-order valence-electron chi connectivity index (χ4n) is 1.93. The van der Waals surface area contributed by atoms with Gasteiger partial charge in [-0.15, -0.1) is 0 Å².